The number of aliphatic hydroxyl groups excluding tert-OH is 9. The molecule has 0 bridgehead atoms. The highest BCUT2D eigenvalue weighted by Gasteiger charge is 2.30. The Morgan fingerprint density at radius 3 is 1.06 bits per heavy atom. The van der Waals surface area contributed by atoms with E-state index >= 15 is 0 Å². The number of hydrogen-bond acceptors (Lipinski definition) is 14. The number of ketones is 1. The van der Waals surface area contributed by atoms with Crippen LogP contribution in [0.1, 0.15) is 149 Å². The van der Waals surface area contributed by atoms with Crippen molar-refractivity contribution in [3.05, 3.63) is 0 Å². The molecule has 0 rings (SSSR count). The molecule has 0 aromatic carbocycles. The van der Waals surface area contributed by atoms with Crippen LogP contribution in [0.15, 0.2) is 0 Å². The Kier molecular flexibility index (Phi) is 38.1. The summed E-state index contributed by atoms with van der Waals surface area (Å²) in [5.41, 5.74) is 0. The van der Waals surface area contributed by atoms with Gasteiger partial charge in [0.15, 0.2) is 0 Å². The van der Waals surface area contributed by atoms with Gasteiger partial charge in [-0.3, -0.25) is 14.4 Å². The van der Waals surface area contributed by atoms with Crippen molar-refractivity contribution in [1.29, 1.82) is 0 Å². The summed E-state index contributed by atoms with van der Waals surface area (Å²) in [5.74, 6) is -1.69. The minimum atomic E-state index is -1.74. The molecule has 0 aliphatic heterocycles. The Labute approximate surface area is 314 Å². The Balaban J connectivity index is -0.000000807. The zero-order chi connectivity index (χ0) is 41.2. The van der Waals surface area contributed by atoms with Crippen molar-refractivity contribution in [2.45, 2.75) is 198 Å². The SMILES string of the molecule is CC(=O)CCCCCCCCCCC(=O)O.CC(O)C(O)C(O)C(C)O.O=C(O)CCCCCCCCCCC(=O)OCC(O)C(O)C(O)C(O)CO. The summed E-state index contributed by atoms with van der Waals surface area (Å²) in [4.78, 5) is 42.8. The standard InChI is InChI=1S/C18H34O9.C13H24O3.C6H14O4/c19-11-13(20)17(25)18(26)14(21)12-27-16(24)10-8-6-4-2-1-3-5-7-9-15(22)23;1-12(14)10-8-6-4-2-3-5-7-9-11-13(15)16;1-3(7)5(9)6(10)4(2)8/h13-14,17-21,25-26H,1-12H2,(H,22,23);2-11H2,1H3,(H,15,16);3-10H,1-2H3. The zero-order valence-electron chi connectivity index (χ0n) is 32.1. The zero-order valence-corrected chi connectivity index (χ0v) is 32.1. The van der Waals surface area contributed by atoms with Crippen molar-refractivity contribution in [2.24, 2.45) is 0 Å². The van der Waals surface area contributed by atoms with Crippen LogP contribution in [0.3, 0.4) is 0 Å². The van der Waals surface area contributed by atoms with E-state index in [2.05, 4.69) is 0 Å². The molecular weight excluding hydrogens is 700 g/mol. The van der Waals surface area contributed by atoms with E-state index in [0.717, 1.165) is 77.0 Å². The molecule has 0 aliphatic rings. The van der Waals surface area contributed by atoms with Crippen LogP contribution in [0.2, 0.25) is 0 Å². The van der Waals surface area contributed by atoms with E-state index in [1.54, 1.807) is 6.92 Å². The van der Waals surface area contributed by atoms with Crippen molar-refractivity contribution >= 4 is 23.7 Å². The van der Waals surface area contributed by atoms with Gasteiger partial charge in [-0.05, 0) is 46.5 Å². The number of aliphatic hydroxyl groups is 9. The van der Waals surface area contributed by atoms with Crippen LogP contribution in [0.4, 0.5) is 0 Å². The maximum Gasteiger partial charge on any atom is 0.305 e. The molecule has 16 heteroatoms. The lowest BCUT2D eigenvalue weighted by molar-refractivity contribution is -0.156. The average molecular weight is 773 g/mol. The molecule has 0 saturated heterocycles. The number of rotatable bonds is 31. The molecule has 0 aliphatic carbocycles. The molecule has 0 radical (unpaired) electrons. The maximum absolute atomic E-state index is 11.6. The lowest BCUT2D eigenvalue weighted by atomic mass is 10.0. The second-order valence-corrected chi connectivity index (χ2v) is 13.6. The van der Waals surface area contributed by atoms with E-state index in [1.807, 2.05) is 0 Å². The monoisotopic (exact) mass is 772 g/mol. The van der Waals surface area contributed by atoms with E-state index < -0.39 is 80.0 Å². The third-order valence-corrected chi connectivity index (χ3v) is 8.27. The molecule has 316 valence electrons. The number of carbonyl (C=O) groups excluding carboxylic acids is 2. The minimum Gasteiger partial charge on any atom is -0.481 e. The number of carbonyl (C=O) groups is 4. The molecule has 53 heavy (non-hydrogen) atoms. The predicted octanol–water partition coefficient (Wildman–Crippen LogP) is 1.98. The number of carboxylic acid groups (broad SMARTS) is 2. The number of aliphatic carboxylic acids is 2. The normalized spacial score (nSPS) is 15.5. The first-order valence-electron chi connectivity index (χ1n) is 19.0. The maximum atomic E-state index is 11.6. The van der Waals surface area contributed by atoms with Crippen LogP contribution < -0.4 is 0 Å². The molecule has 0 amide bonds. The molecule has 0 heterocycles. The van der Waals surface area contributed by atoms with Gasteiger partial charge >= 0.3 is 17.9 Å². The number of hydrogen-bond donors (Lipinski definition) is 11. The molecule has 11 N–H and O–H groups in total. The van der Waals surface area contributed by atoms with Crippen LogP contribution in [0, 0.1) is 0 Å². The predicted molar refractivity (Wildman–Crippen MR) is 196 cm³/mol. The summed E-state index contributed by atoms with van der Waals surface area (Å²) in [7, 11) is 0. The molecule has 0 aromatic rings. The number of unbranched alkanes of at least 4 members (excludes halogenated alkanes) is 14. The van der Waals surface area contributed by atoms with Crippen LogP contribution in [-0.2, 0) is 23.9 Å². The Bertz CT molecular complexity index is 866. The summed E-state index contributed by atoms with van der Waals surface area (Å²) >= 11 is 0. The first-order chi connectivity index (χ1) is 24.9. The average Bonchev–Trinajstić information content (AvgIpc) is 3.10. The topological polar surface area (TPSA) is 300 Å². The minimum absolute atomic E-state index is 0.184. The Hall–Kier alpha value is -2.28. The third kappa shape index (κ3) is 37.8. The van der Waals surface area contributed by atoms with E-state index in [-0.39, 0.29) is 18.6 Å². The van der Waals surface area contributed by atoms with Crippen molar-refractivity contribution in [3.8, 4) is 0 Å². The second kappa shape index (κ2) is 36.7. The Morgan fingerprint density at radius 1 is 0.453 bits per heavy atom. The molecule has 0 spiro atoms. The fraction of sp³-hybridized carbons (Fsp3) is 0.892. The smallest absolute Gasteiger partial charge is 0.305 e. The first kappa shape index (κ1) is 55.1. The highest BCUT2D eigenvalue weighted by atomic mass is 16.5. The van der Waals surface area contributed by atoms with Crippen LogP contribution in [-0.4, -0.2) is 142 Å². The van der Waals surface area contributed by atoms with Gasteiger partial charge in [-0.1, -0.05) is 77.0 Å². The van der Waals surface area contributed by atoms with Crippen molar-refractivity contribution in [1.82, 2.24) is 0 Å². The summed E-state index contributed by atoms with van der Waals surface area (Å²) in [6.45, 7) is 3.05. The van der Waals surface area contributed by atoms with Gasteiger partial charge in [0, 0.05) is 25.7 Å². The third-order valence-electron chi connectivity index (χ3n) is 8.27. The van der Waals surface area contributed by atoms with Crippen molar-refractivity contribution < 1.29 is 80.1 Å². The molecule has 0 aromatic heterocycles. The van der Waals surface area contributed by atoms with Gasteiger partial charge < -0.3 is 65.7 Å². The van der Waals surface area contributed by atoms with Crippen LogP contribution in [0.5, 0.6) is 0 Å². The summed E-state index contributed by atoms with van der Waals surface area (Å²) in [6, 6.07) is 0. The molecule has 0 fully saturated rings. The lowest BCUT2D eigenvalue weighted by Crippen LogP contribution is -2.47. The van der Waals surface area contributed by atoms with E-state index in [9.17, 15) is 39.6 Å². The molecule has 8 atom stereocenters. The first-order valence-corrected chi connectivity index (χ1v) is 19.0. The van der Waals surface area contributed by atoms with Gasteiger partial charge in [0.1, 0.15) is 49.0 Å². The highest BCUT2D eigenvalue weighted by Crippen LogP contribution is 2.13. The van der Waals surface area contributed by atoms with Crippen LogP contribution in [0.25, 0.3) is 0 Å². The molecule has 8 unspecified atom stereocenters. The number of esters is 1. The Morgan fingerprint density at radius 2 is 0.755 bits per heavy atom. The quantitative estimate of drug-likeness (QED) is 0.0355. The van der Waals surface area contributed by atoms with Gasteiger partial charge in [-0.15, -0.1) is 0 Å². The largest absolute Gasteiger partial charge is 0.481 e. The summed E-state index contributed by atoms with van der Waals surface area (Å²) < 4.78 is 4.83. The molecule has 0 saturated carbocycles. The van der Waals surface area contributed by atoms with Gasteiger partial charge in [-0.25, -0.2) is 0 Å². The highest BCUT2D eigenvalue weighted by molar-refractivity contribution is 5.75. The van der Waals surface area contributed by atoms with Gasteiger partial charge in [0.25, 0.3) is 0 Å². The van der Waals surface area contributed by atoms with Crippen LogP contribution >= 0.6 is 0 Å². The van der Waals surface area contributed by atoms with E-state index in [1.165, 1.54) is 33.1 Å². The number of carboxylic acids is 2. The molecule has 16 nitrogen and oxygen atoms in total. The van der Waals surface area contributed by atoms with Gasteiger partial charge in [0.05, 0.1) is 18.8 Å². The summed E-state index contributed by atoms with van der Waals surface area (Å²) in [5, 5.41) is 98.7. The number of ether oxygens (including phenoxy) is 1. The molecular formula is C37H72O16. The van der Waals surface area contributed by atoms with E-state index in [4.69, 9.17) is 40.5 Å². The van der Waals surface area contributed by atoms with E-state index in [0.29, 0.717) is 19.3 Å². The van der Waals surface area contributed by atoms with Gasteiger partial charge in [0.2, 0.25) is 0 Å². The fourth-order valence-electron chi connectivity index (χ4n) is 4.80. The second-order valence-electron chi connectivity index (χ2n) is 13.6. The van der Waals surface area contributed by atoms with Crippen molar-refractivity contribution in [3.63, 3.8) is 0 Å². The van der Waals surface area contributed by atoms with Gasteiger partial charge in [-0.2, -0.15) is 0 Å². The van der Waals surface area contributed by atoms with Crippen molar-refractivity contribution in [2.75, 3.05) is 13.2 Å². The lowest BCUT2D eigenvalue weighted by Gasteiger charge is -2.25. The number of Topliss-reactive ketones (excluding diaryl/α,β-unsaturated/α-hetero) is 1. The summed E-state index contributed by atoms with van der Waals surface area (Å²) in [6.07, 6.45) is 6.09. The fourth-order valence-corrected chi connectivity index (χ4v) is 4.80.